The molecular formula is C17H18O5S. The van der Waals surface area contributed by atoms with Gasteiger partial charge in [-0.15, -0.1) is 0 Å². The summed E-state index contributed by atoms with van der Waals surface area (Å²) in [6, 6.07) is 12.9. The van der Waals surface area contributed by atoms with E-state index in [1.165, 1.54) is 18.2 Å². The predicted molar refractivity (Wildman–Crippen MR) is 85.5 cm³/mol. The maximum Gasteiger partial charge on any atom is 0.339 e. The average Bonchev–Trinajstić information content (AvgIpc) is 2.53. The number of hydrogen-bond donors (Lipinski definition) is 0. The largest absolute Gasteiger partial charge is 0.461 e. The van der Waals surface area contributed by atoms with Gasteiger partial charge in [-0.2, -0.15) is 8.42 Å². The number of aryl methyl sites for hydroxylation is 1. The smallest absolute Gasteiger partial charge is 0.339 e. The Labute approximate surface area is 136 Å². The summed E-state index contributed by atoms with van der Waals surface area (Å²) < 4.78 is 34.9. The molecule has 0 spiro atoms. The van der Waals surface area contributed by atoms with Crippen molar-refractivity contribution in [2.45, 2.75) is 31.8 Å². The van der Waals surface area contributed by atoms with E-state index in [4.69, 9.17) is 8.92 Å². The minimum atomic E-state index is -3.94. The second-order valence-electron chi connectivity index (χ2n) is 4.97. The summed E-state index contributed by atoms with van der Waals surface area (Å²) in [7, 11) is -3.94. The van der Waals surface area contributed by atoms with Crippen molar-refractivity contribution >= 4 is 16.1 Å². The van der Waals surface area contributed by atoms with Crippen LogP contribution in [0.4, 0.5) is 0 Å². The molecule has 2 rings (SSSR count). The molecule has 0 aliphatic carbocycles. The third kappa shape index (κ3) is 4.56. The maximum atomic E-state index is 12.3. The third-order valence-corrected chi connectivity index (χ3v) is 4.41. The van der Waals surface area contributed by atoms with Gasteiger partial charge in [0.15, 0.2) is 0 Å². The van der Waals surface area contributed by atoms with Crippen LogP contribution in [-0.2, 0) is 26.3 Å². The number of hydrogen-bond acceptors (Lipinski definition) is 5. The standard InChI is InChI=1S/C17H18O5S/c1-3-17(18)21-12-14-6-4-5-7-16(14)22-23(19,20)15-10-8-13(2)9-11-15/h4-11H,3,12H2,1-2H3. The van der Waals surface area contributed by atoms with Crippen molar-refractivity contribution in [2.75, 3.05) is 0 Å². The molecule has 0 amide bonds. The van der Waals surface area contributed by atoms with E-state index in [1.54, 1.807) is 37.3 Å². The zero-order chi connectivity index (χ0) is 16.9. The molecular weight excluding hydrogens is 316 g/mol. The van der Waals surface area contributed by atoms with Crippen LogP contribution in [0.3, 0.4) is 0 Å². The molecule has 6 heteroatoms. The molecule has 0 unspecified atom stereocenters. The van der Waals surface area contributed by atoms with Gasteiger partial charge < -0.3 is 8.92 Å². The lowest BCUT2D eigenvalue weighted by Gasteiger charge is -2.11. The number of carbonyl (C=O) groups is 1. The van der Waals surface area contributed by atoms with Crippen molar-refractivity contribution in [3.05, 3.63) is 59.7 Å². The first-order valence-corrected chi connectivity index (χ1v) is 8.58. The van der Waals surface area contributed by atoms with Crippen LogP contribution in [-0.4, -0.2) is 14.4 Å². The molecule has 0 saturated carbocycles. The van der Waals surface area contributed by atoms with Crippen molar-refractivity contribution in [3.63, 3.8) is 0 Å². The Morgan fingerprint density at radius 1 is 1.04 bits per heavy atom. The van der Waals surface area contributed by atoms with Crippen LogP contribution < -0.4 is 4.18 Å². The van der Waals surface area contributed by atoms with Crippen LogP contribution >= 0.6 is 0 Å². The van der Waals surface area contributed by atoms with Gasteiger partial charge in [-0.1, -0.05) is 42.8 Å². The summed E-state index contributed by atoms with van der Waals surface area (Å²) in [4.78, 5) is 11.3. The van der Waals surface area contributed by atoms with Gasteiger partial charge in [0.2, 0.25) is 0 Å². The van der Waals surface area contributed by atoms with Gasteiger partial charge >= 0.3 is 16.1 Å². The quantitative estimate of drug-likeness (QED) is 0.599. The lowest BCUT2D eigenvalue weighted by atomic mass is 10.2. The fourth-order valence-corrected chi connectivity index (χ4v) is 2.80. The molecule has 0 aliphatic heterocycles. The number of ether oxygens (including phenoxy) is 1. The number of rotatable bonds is 6. The van der Waals surface area contributed by atoms with Crippen LogP contribution in [0.2, 0.25) is 0 Å². The average molecular weight is 334 g/mol. The van der Waals surface area contributed by atoms with Crippen molar-refractivity contribution in [2.24, 2.45) is 0 Å². The van der Waals surface area contributed by atoms with E-state index in [2.05, 4.69) is 0 Å². The van der Waals surface area contributed by atoms with Gasteiger partial charge in [0.1, 0.15) is 17.3 Å². The zero-order valence-corrected chi connectivity index (χ0v) is 13.8. The van der Waals surface area contributed by atoms with E-state index in [0.717, 1.165) is 5.56 Å². The van der Waals surface area contributed by atoms with E-state index in [1.807, 2.05) is 6.92 Å². The highest BCUT2D eigenvalue weighted by Crippen LogP contribution is 2.24. The second kappa shape index (κ2) is 7.28. The van der Waals surface area contributed by atoms with Crippen LogP contribution in [0.1, 0.15) is 24.5 Å². The number of benzene rings is 2. The third-order valence-electron chi connectivity index (χ3n) is 3.16. The molecule has 122 valence electrons. The first kappa shape index (κ1) is 17.0. The Hall–Kier alpha value is -2.34. The normalized spacial score (nSPS) is 11.0. The summed E-state index contributed by atoms with van der Waals surface area (Å²) >= 11 is 0. The monoisotopic (exact) mass is 334 g/mol. The van der Waals surface area contributed by atoms with Crippen molar-refractivity contribution in [1.82, 2.24) is 0 Å². The Balaban J connectivity index is 2.22. The molecule has 5 nitrogen and oxygen atoms in total. The van der Waals surface area contributed by atoms with E-state index < -0.39 is 10.1 Å². The highest BCUT2D eigenvalue weighted by atomic mass is 32.2. The van der Waals surface area contributed by atoms with E-state index in [-0.39, 0.29) is 29.6 Å². The van der Waals surface area contributed by atoms with Crippen molar-refractivity contribution in [3.8, 4) is 5.75 Å². The minimum Gasteiger partial charge on any atom is -0.461 e. The van der Waals surface area contributed by atoms with Crippen LogP contribution in [0, 0.1) is 6.92 Å². The second-order valence-corrected chi connectivity index (χ2v) is 6.52. The molecule has 0 aromatic heterocycles. The highest BCUT2D eigenvalue weighted by Gasteiger charge is 2.18. The fraction of sp³-hybridized carbons (Fsp3) is 0.235. The lowest BCUT2D eigenvalue weighted by molar-refractivity contribution is -0.144. The van der Waals surface area contributed by atoms with Crippen LogP contribution in [0.15, 0.2) is 53.4 Å². The topological polar surface area (TPSA) is 69.7 Å². The molecule has 0 atom stereocenters. The predicted octanol–water partition coefficient (Wildman–Crippen LogP) is 3.22. The molecule has 0 radical (unpaired) electrons. The van der Waals surface area contributed by atoms with Gasteiger partial charge in [0.25, 0.3) is 0 Å². The van der Waals surface area contributed by atoms with Gasteiger partial charge in [-0.25, -0.2) is 0 Å². The molecule has 0 N–H and O–H groups in total. The summed E-state index contributed by atoms with van der Waals surface area (Å²) in [5.74, 6) is -0.210. The highest BCUT2D eigenvalue weighted by molar-refractivity contribution is 7.87. The Bertz CT molecular complexity index is 779. The summed E-state index contributed by atoms with van der Waals surface area (Å²) in [5, 5.41) is 0. The van der Waals surface area contributed by atoms with E-state index >= 15 is 0 Å². The van der Waals surface area contributed by atoms with Gasteiger partial charge in [0, 0.05) is 12.0 Å². The molecule has 0 heterocycles. The van der Waals surface area contributed by atoms with E-state index in [9.17, 15) is 13.2 Å². The summed E-state index contributed by atoms with van der Waals surface area (Å²) in [6.45, 7) is 3.52. The Morgan fingerprint density at radius 2 is 1.70 bits per heavy atom. The fourth-order valence-electron chi connectivity index (χ4n) is 1.84. The minimum absolute atomic E-state index is 0.0355. The zero-order valence-electron chi connectivity index (χ0n) is 13.0. The first-order valence-electron chi connectivity index (χ1n) is 7.17. The maximum absolute atomic E-state index is 12.3. The number of esters is 1. The summed E-state index contributed by atoms with van der Waals surface area (Å²) in [6.07, 6.45) is 0.255. The van der Waals surface area contributed by atoms with Crippen LogP contribution in [0.25, 0.3) is 0 Å². The molecule has 23 heavy (non-hydrogen) atoms. The molecule has 2 aromatic carbocycles. The van der Waals surface area contributed by atoms with Crippen LogP contribution in [0.5, 0.6) is 5.75 Å². The number of carbonyl (C=O) groups excluding carboxylic acids is 1. The SMILES string of the molecule is CCC(=O)OCc1ccccc1OS(=O)(=O)c1ccc(C)cc1. The lowest BCUT2D eigenvalue weighted by Crippen LogP contribution is -2.12. The van der Waals surface area contributed by atoms with Crippen molar-refractivity contribution < 1.29 is 22.1 Å². The molecule has 0 aliphatic rings. The van der Waals surface area contributed by atoms with Gasteiger partial charge in [0.05, 0.1) is 0 Å². The Kier molecular flexibility index (Phi) is 5.39. The van der Waals surface area contributed by atoms with Gasteiger partial charge in [-0.3, -0.25) is 4.79 Å². The van der Waals surface area contributed by atoms with E-state index in [0.29, 0.717) is 5.56 Å². The first-order chi connectivity index (χ1) is 10.9. The molecule has 0 saturated heterocycles. The molecule has 0 bridgehead atoms. The van der Waals surface area contributed by atoms with Crippen molar-refractivity contribution in [1.29, 1.82) is 0 Å². The molecule has 0 fully saturated rings. The number of para-hydroxylation sites is 1. The Morgan fingerprint density at radius 3 is 2.35 bits per heavy atom. The summed E-state index contributed by atoms with van der Waals surface area (Å²) in [5.41, 5.74) is 1.45. The van der Waals surface area contributed by atoms with Gasteiger partial charge in [-0.05, 0) is 25.1 Å². The molecule has 2 aromatic rings.